The van der Waals surface area contributed by atoms with Crippen molar-refractivity contribution < 1.29 is 4.79 Å². The van der Waals surface area contributed by atoms with Crippen LogP contribution in [0.15, 0.2) is 15.5 Å². The number of nitrogens with zero attached hydrogens (tertiary/aromatic N) is 2. The first-order valence-corrected chi connectivity index (χ1v) is 6.88. The molecule has 1 saturated carbocycles. The smallest absolute Gasteiger partial charge is 0.268 e. The molecule has 0 spiro atoms. The predicted octanol–water partition coefficient (Wildman–Crippen LogP) is 1.37. The maximum atomic E-state index is 11.9. The highest BCUT2D eigenvalue weighted by Gasteiger charge is 2.18. The Morgan fingerprint density at radius 2 is 2.22 bits per heavy atom. The molecule has 98 valence electrons. The summed E-state index contributed by atoms with van der Waals surface area (Å²) in [6, 6.07) is 0.272. The summed E-state index contributed by atoms with van der Waals surface area (Å²) in [5, 5.41) is 2.96. The average molecular weight is 314 g/mol. The second-order valence-electron chi connectivity index (χ2n) is 4.59. The fourth-order valence-corrected chi connectivity index (χ4v) is 2.54. The summed E-state index contributed by atoms with van der Waals surface area (Å²) in [7, 11) is 0. The summed E-state index contributed by atoms with van der Waals surface area (Å²) in [6.45, 7) is 1.75. The third kappa shape index (κ3) is 2.98. The maximum Gasteiger partial charge on any atom is 0.268 e. The van der Waals surface area contributed by atoms with Crippen LogP contribution in [0.25, 0.3) is 0 Å². The molecule has 1 amide bonds. The molecule has 1 aromatic rings. The van der Waals surface area contributed by atoms with Gasteiger partial charge in [-0.2, -0.15) is 0 Å². The monoisotopic (exact) mass is 313 g/mol. The molecule has 0 radical (unpaired) electrons. The van der Waals surface area contributed by atoms with Crippen molar-refractivity contribution in [2.45, 2.75) is 45.2 Å². The SMILES string of the molecule is Cc1ncc(Br)c(=O)n1CC(=O)NC1CCCC1. The minimum atomic E-state index is -0.218. The lowest BCUT2D eigenvalue weighted by Gasteiger charge is -2.13. The Morgan fingerprint density at radius 1 is 1.56 bits per heavy atom. The van der Waals surface area contributed by atoms with Crippen LogP contribution in [-0.2, 0) is 11.3 Å². The molecule has 1 aliphatic rings. The molecule has 0 aliphatic heterocycles. The lowest BCUT2D eigenvalue weighted by molar-refractivity contribution is -0.122. The zero-order valence-corrected chi connectivity index (χ0v) is 11.9. The van der Waals surface area contributed by atoms with E-state index in [4.69, 9.17) is 0 Å². The van der Waals surface area contributed by atoms with E-state index in [1.54, 1.807) is 6.92 Å². The Hall–Kier alpha value is -1.17. The van der Waals surface area contributed by atoms with Crippen LogP contribution >= 0.6 is 15.9 Å². The minimum Gasteiger partial charge on any atom is -0.352 e. The third-order valence-corrected chi connectivity index (χ3v) is 3.77. The topological polar surface area (TPSA) is 64.0 Å². The third-order valence-electron chi connectivity index (χ3n) is 3.23. The fraction of sp³-hybridized carbons (Fsp3) is 0.583. The van der Waals surface area contributed by atoms with Gasteiger partial charge < -0.3 is 5.32 Å². The number of nitrogens with one attached hydrogen (secondary N) is 1. The first-order valence-electron chi connectivity index (χ1n) is 6.09. The van der Waals surface area contributed by atoms with Crippen LogP contribution in [0.3, 0.4) is 0 Å². The molecule has 1 fully saturated rings. The van der Waals surface area contributed by atoms with Gasteiger partial charge in [0.15, 0.2) is 0 Å². The number of rotatable bonds is 3. The van der Waals surface area contributed by atoms with E-state index in [9.17, 15) is 9.59 Å². The molecule has 0 bridgehead atoms. The molecule has 6 heteroatoms. The number of hydrogen-bond acceptors (Lipinski definition) is 3. The predicted molar refractivity (Wildman–Crippen MR) is 71.3 cm³/mol. The van der Waals surface area contributed by atoms with Crippen molar-refractivity contribution in [3.05, 3.63) is 26.8 Å². The minimum absolute atomic E-state index is 0.0353. The number of carbonyl (C=O) groups is 1. The molecule has 0 saturated heterocycles. The second-order valence-corrected chi connectivity index (χ2v) is 5.45. The van der Waals surface area contributed by atoms with Gasteiger partial charge in [0.2, 0.25) is 5.91 Å². The Balaban J connectivity index is 2.07. The Morgan fingerprint density at radius 3 is 2.89 bits per heavy atom. The zero-order valence-electron chi connectivity index (χ0n) is 10.3. The van der Waals surface area contributed by atoms with Crippen molar-refractivity contribution in [3.8, 4) is 0 Å². The van der Waals surface area contributed by atoms with Crippen LogP contribution in [0.2, 0.25) is 0 Å². The number of amides is 1. The summed E-state index contributed by atoms with van der Waals surface area (Å²) >= 11 is 3.13. The van der Waals surface area contributed by atoms with E-state index in [0.29, 0.717) is 10.3 Å². The second kappa shape index (κ2) is 5.65. The molecule has 0 unspecified atom stereocenters. The lowest BCUT2D eigenvalue weighted by Crippen LogP contribution is -2.38. The van der Waals surface area contributed by atoms with E-state index in [1.807, 2.05) is 0 Å². The van der Waals surface area contributed by atoms with Gasteiger partial charge >= 0.3 is 0 Å². The van der Waals surface area contributed by atoms with Crippen molar-refractivity contribution >= 4 is 21.8 Å². The van der Waals surface area contributed by atoms with E-state index in [2.05, 4.69) is 26.2 Å². The maximum absolute atomic E-state index is 11.9. The molecular formula is C12H16BrN3O2. The first kappa shape index (κ1) is 13.3. The quantitative estimate of drug-likeness (QED) is 0.916. The van der Waals surface area contributed by atoms with Crippen LogP contribution in [-0.4, -0.2) is 21.5 Å². The van der Waals surface area contributed by atoms with Gasteiger partial charge in [0.25, 0.3) is 5.56 Å². The summed E-state index contributed by atoms with van der Waals surface area (Å²) in [5.41, 5.74) is -0.218. The van der Waals surface area contributed by atoms with Crippen LogP contribution in [0.4, 0.5) is 0 Å². The molecule has 0 atom stereocenters. The molecular weight excluding hydrogens is 298 g/mol. The van der Waals surface area contributed by atoms with Crippen molar-refractivity contribution in [1.82, 2.24) is 14.9 Å². The van der Waals surface area contributed by atoms with Gasteiger partial charge in [0.05, 0.1) is 0 Å². The largest absolute Gasteiger partial charge is 0.352 e. The molecule has 1 heterocycles. The van der Waals surface area contributed by atoms with Gasteiger partial charge in [0, 0.05) is 12.2 Å². The Bertz CT molecular complexity index is 507. The fourth-order valence-electron chi connectivity index (χ4n) is 2.22. The van der Waals surface area contributed by atoms with Crippen molar-refractivity contribution in [2.75, 3.05) is 0 Å². The van der Waals surface area contributed by atoms with Crippen molar-refractivity contribution in [1.29, 1.82) is 0 Å². The van der Waals surface area contributed by atoms with E-state index in [-0.39, 0.29) is 24.1 Å². The summed E-state index contributed by atoms with van der Waals surface area (Å²) in [4.78, 5) is 27.8. The van der Waals surface area contributed by atoms with E-state index < -0.39 is 0 Å². The standard InChI is InChI=1S/C12H16BrN3O2/c1-8-14-6-10(13)12(18)16(8)7-11(17)15-9-4-2-3-5-9/h6,9H,2-5,7H2,1H3,(H,15,17). The molecule has 0 aromatic carbocycles. The normalized spacial score (nSPS) is 15.9. The van der Waals surface area contributed by atoms with Crippen LogP contribution in [0.1, 0.15) is 31.5 Å². The molecule has 1 N–H and O–H groups in total. The van der Waals surface area contributed by atoms with Gasteiger partial charge in [-0.05, 0) is 35.7 Å². The summed E-state index contributed by atoms with van der Waals surface area (Å²) in [5.74, 6) is 0.428. The first-order chi connectivity index (χ1) is 8.58. The van der Waals surface area contributed by atoms with Gasteiger partial charge in [0.1, 0.15) is 16.8 Å². The Labute approximate surface area is 114 Å². The number of aryl methyl sites for hydroxylation is 1. The summed E-state index contributed by atoms with van der Waals surface area (Å²) < 4.78 is 1.76. The molecule has 18 heavy (non-hydrogen) atoms. The highest BCUT2D eigenvalue weighted by Crippen LogP contribution is 2.17. The van der Waals surface area contributed by atoms with E-state index in [0.717, 1.165) is 12.8 Å². The molecule has 5 nitrogen and oxygen atoms in total. The lowest BCUT2D eigenvalue weighted by atomic mass is 10.2. The molecule has 2 rings (SSSR count). The van der Waals surface area contributed by atoms with E-state index >= 15 is 0 Å². The van der Waals surface area contributed by atoms with Crippen molar-refractivity contribution in [3.63, 3.8) is 0 Å². The van der Waals surface area contributed by atoms with Crippen LogP contribution < -0.4 is 10.9 Å². The Kier molecular flexibility index (Phi) is 4.16. The number of hydrogen-bond donors (Lipinski definition) is 1. The summed E-state index contributed by atoms with van der Waals surface area (Å²) in [6.07, 6.45) is 5.88. The van der Waals surface area contributed by atoms with Crippen LogP contribution in [0.5, 0.6) is 0 Å². The van der Waals surface area contributed by atoms with Crippen LogP contribution in [0, 0.1) is 6.92 Å². The van der Waals surface area contributed by atoms with Crippen molar-refractivity contribution in [2.24, 2.45) is 0 Å². The number of aromatic nitrogens is 2. The van der Waals surface area contributed by atoms with Gasteiger partial charge in [-0.25, -0.2) is 4.98 Å². The molecule has 1 aliphatic carbocycles. The highest BCUT2D eigenvalue weighted by molar-refractivity contribution is 9.10. The zero-order chi connectivity index (χ0) is 13.1. The average Bonchev–Trinajstić information content (AvgIpc) is 2.82. The van der Waals surface area contributed by atoms with E-state index in [1.165, 1.54) is 23.6 Å². The van der Waals surface area contributed by atoms with Gasteiger partial charge in [-0.1, -0.05) is 12.8 Å². The number of carbonyl (C=O) groups excluding carboxylic acids is 1. The number of halogens is 1. The molecule has 1 aromatic heterocycles. The van der Waals surface area contributed by atoms with Gasteiger partial charge in [-0.3, -0.25) is 14.2 Å². The highest BCUT2D eigenvalue weighted by atomic mass is 79.9. The van der Waals surface area contributed by atoms with Gasteiger partial charge in [-0.15, -0.1) is 0 Å².